The number of hydrogen-bond acceptors (Lipinski definition) is 3. The number of carbonyl (C=O) groups excluding carboxylic acids is 2. The van der Waals surface area contributed by atoms with Gasteiger partial charge in [-0.2, -0.15) is 0 Å². The van der Waals surface area contributed by atoms with Gasteiger partial charge in [-0.15, -0.1) is 0 Å². The fourth-order valence-corrected chi connectivity index (χ4v) is 2.35. The lowest BCUT2D eigenvalue weighted by molar-refractivity contribution is -0.114. The Hall–Kier alpha value is -2.24. The maximum absolute atomic E-state index is 12.2. The molecular formula is C15H12Cl2N2O3. The van der Waals surface area contributed by atoms with E-state index in [4.69, 9.17) is 23.2 Å². The van der Waals surface area contributed by atoms with Crippen LogP contribution in [0, 0.1) is 0 Å². The summed E-state index contributed by atoms with van der Waals surface area (Å²) in [5.74, 6) is -1.04. The number of phenols is 1. The lowest BCUT2D eigenvalue weighted by Crippen LogP contribution is -2.13. The molecule has 0 fully saturated rings. The monoisotopic (exact) mass is 338 g/mol. The highest BCUT2D eigenvalue weighted by atomic mass is 35.5. The first-order valence-electron chi connectivity index (χ1n) is 6.23. The van der Waals surface area contributed by atoms with Gasteiger partial charge >= 0.3 is 0 Å². The third-order valence-corrected chi connectivity index (χ3v) is 3.12. The largest absolute Gasteiger partial charge is 0.507 e. The van der Waals surface area contributed by atoms with Crippen LogP contribution in [0.5, 0.6) is 5.75 Å². The van der Waals surface area contributed by atoms with Gasteiger partial charge in [-0.1, -0.05) is 23.2 Å². The zero-order chi connectivity index (χ0) is 16.3. The summed E-state index contributed by atoms with van der Waals surface area (Å²) in [5.41, 5.74) is 0.814. The summed E-state index contributed by atoms with van der Waals surface area (Å²) >= 11 is 11.7. The van der Waals surface area contributed by atoms with E-state index in [0.29, 0.717) is 21.4 Å². The van der Waals surface area contributed by atoms with E-state index in [-0.39, 0.29) is 17.2 Å². The number of phenolic OH excluding ortho intramolecular Hbond substituents is 1. The smallest absolute Gasteiger partial charge is 0.259 e. The van der Waals surface area contributed by atoms with Crippen LogP contribution in [0.4, 0.5) is 11.4 Å². The second-order valence-electron chi connectivity index (χ2n) is 4.53. The summed E-state index contributed by atoms with van der Waals surface area (Å²) in [5, 5.41) is 15.7. The van der Waals surface area contributed by atoms with Gasteiger partial charge in [-0.3, -0.25) is 9.59 Å². The molecule has 0 aliphatic heterocycles. The normalized spacial score (nSPS) is 10.1. The first-order valence-corrected chi connectivity index (χ1v) is 6.99. The molecule has 0 spiro atoms. The van der Waals surface area contributed by atoms with Gasteiger partial charge < -0.3 is 15.7 Å². The van der Waals surface area contributed by atoms with Crippen molar-refractivity contribution in [3.05, 3.63) is 52.0 Å². The molecule has 2 amide bonds. The molecule has 0 saturated heterocycles. The third-order valence-electron chi connectivity index (χ3n) is 2.68. The van der Waals surface area contributed by atoms with Gasteiger partial charge in [0, 0.05) is 28.3 Å². The van der Waals surface area contributed by atoms with Crippen LogP contribution in [0.2, 0.25) is 10.0 Å². The highest BCUT2D eigenvalue weighted by molar-refractivity contribution is 6.35. The first-order chi connectivity index (χ1) is 10.3. The van der Waals surface area contributed by atoms with Gasteiger partial charge in [0.15, 0.2) is 0 Å². The van der Waals surface area contributed by atoms with E-state index >= 15 is 0 Å². The number of aromatic hydroxyl groups is 1. The van der Waals surface area contributed by atoms with Crippen molar-refractivity contribution in [2.45, 2.75) is 6.92 Å². The van der Waals surface area contributed by atoms with E-state index in [1.165, 1.54) is 43.3 Å². The Kier molecular flexibility index (Phi) is 4.90. The fourth-order valence-electron chi connectivity index (χ4n) is 1.82. The zero-order valence-electron chi connectivity index (χ0n) is 11.5. The number of benzene rings is 2. The quantitative estimate of drug-likeness (QED) is 0.742. The summed E-state index contributed by atoms with van der Waals surface area (Å²) in [4.78, 5) is 23.3. The van der Waals surface area contributed by atoms with Gasteiger partial charge in [0.2, 0.25) is 5.91 Å². The molecule has 2 rings (SSSR count). The Morgan fingerprint density at radius 2 is 1.59 bits per heavy atom. The van der Waals surface area contributed by atoms with Crippen LogP contribution < -0.4 is 10.6 Å². The van der Waals surface area contributed by atoms with E-state index in [9.17, 15) is 14.7 Å². The van der Waals surface area contributed by atoms with Crippen LogP contribution in [0.3, 0.4) is 0 Å². The molecule has 22 heavy (non-hydrogen) atoms. The van der Waals surface area contributed by atoms with Crippen molar-refractivity contribution in [2.24, 2.45) is 0 Å². The predicted molar refractivity (Wildman–Crippen MR) is 86.8 cm³/mol. The van der Waals surface area contributed by atoms with Crippen LogP contribution in [0.1, 0.15) is 17.3 Å². The molecule has 0 aromatic heterocycles. The van der Waals surface area contributed by atoms with Crippen LogP contribution in [-0.4, -0.2) is 16.9 Å². The summed E-state index contributed by atoms with van der Waals surface area (Å²) in [7, 11) is 0. The van der Waals surface area contributed by atoms with Crippen LogP contribution >= 0.6 is 23.2 Å². The van der Waals surface area contributed by atoms with E-state index in [1.807, 2.05) is 0 Å². The van der Waals surface area contributed by atoms with E-state index in [2.05, 4.69) is 10.6 Å². The highest BCUT2D eigenvalue weighted by Gasteiger charge is 2.13. The van der Waals surface area contributed by atoms with Gasteiger partial charge in [0.1, 0.15) is 5.75 Å². The molecule has 0 bridgehead atoms. The van der Waals surface area contributed by atoms with Gasteiger partial charge in [0.05, 0.1) is 5.56 Å². The molecule has 114 valence electrons. The van der Waals surface area contributed by atoms with E-state index in [1.54, 1.807) is 0 Å². The lowest BCUT2D eigenvalue weighted by Gasteiger charge is -2.10. The van der Waals surface area contributed by atoms with Crippen molar-refractivity contribution >= 4 is 46.4 Å². The minimum absolute atomic E-state index is 0.0161. The van der Waals surface area contributed by atoms with Crippen LogP contribution in [0.25, 0.3) is 0 Å². The lowest BCUT2D eigenvalue weighted by atomic mass is 10.1. The number of carbonyl (C=O) groups is 2. The molecule has 0 aliphatic carbocycles. The van der Waals surface area contributed by atoms with Crippen molar-refractivity contribution in [1.29, 1.82) is 0 Å². The Balaban J connectivity index is 2.26. The Morgan fingerprint density at radius 1 is 0.955 bits per heavy atom. The van der Waals surface area contributed by atoms with Crippen molar-refractivity contribution in [1.82, 2.24) is 0 Å². The molecular weight excluding hydrogens is 327 g/mol. The minimum Gasteiger partial charge on any atom is -0.507 e. The number of amides is 2. The second-order valence-corrected chi connectivity index (χ2v) is 5.40. The average Bonchev–Trinajstić information content (AvgIpc) is 2.39. The highest BCUT2D eigenvalue weighted by Crippen LogP contribution is 2.25. The SMILES string of the molecule is CC(=O)Nc1ccc(O)c(C(=O)Nc2cc(Cl)cc(Cl)c2)c1. The van der Waals surface area contributed by atoms with E-state index in [0.717, 1.165) is 0 Å². The van der Waals surface area contributed by atoms with Crippen LogP contribution in [-0.2, 0) is 4.79 Å². The molecule has 7 heteroatoms. The van der Waals surface area contributed by atoms with Gasteiger partial charge in [0.25, 0.3) is 5.91 Å². The van der Waals surface area contributed by atoms with Crippen molar-refractivity contribution in [3.8, 4) is 5.75 Å². The van der Waals surface area contributed by atoms with E-state index < -0.39 is 5.91 Å². The number of rotatable bonds is 3. The average molecular weight is 339 g/mol. The van der Waals surface area contributed by atoms with Crippen LogP contribution in [0.15, 0.2) is 36.4 Å². The summed E-state index contributed by atoms with van der Waals surface area (Å²) in [6, 6.07) is 8.78. The Bertz CT molecular complexity index is 727. The molecule has 2 aromatic carbocycles. The predicted octanol–water partition coefficient (Wildman–Crippen LogP) is 3.91. The van der Waals surface area contributed by atoms with Crippen molar-refractivity contribution in [2.75, 3.05) is 10.6 Å². The second kappa shape index (κ2) is 6.68. The molecule has 0 aliphatic rings. The van der Waals surface area contributed by atoms with Gasteiger partial charge in [-0.25, -0.2) is 0 Å². The molecule has 2 aromatic rings. The van der Waals surface area contributed by atoms with Crippen molar-refractivity contribution < 1.29 is 14.7 Å². The number of anilines is 2. The molecule has 0 saturated carbocycles. The molecule has 0 atom stereocenters. The zero-order valence-corrected chi connectivity index (χ0v) is 13.0. The number of halogens is 2. The first kappa shape index (κ1) is 16.1. The molecule has 0 unspecified atom stereocenters. The Labute approximate surface area is 136 Å². The molecule has 0 radical (unpaired) electrons. The minimum atomic E-state index is -0.553. The summed E-state index contributed by atoms with van der Waals surface area (Å²) in [6.45, 7) is 1.35. The molecule has 0 heterocycles. The topological polar surface area (TPSA) is 78.4 Å². The maximum Gasteiger partial charge on any atom is 0.259 e. The third kappa shape index (κ3) is 4.13. The maximum atomic E-state index is 12.2. The standard InChI is InChI=1S/C15H12Cl2N2O3/c1-8(20)18-11-2-3-14(21)13(7-11)15(22)19-12-5-9(16)4-10(17)6-12/h2-7,21H,1H3,(H,18,20)(H,19,22). The Morgan fingerprint density at radius 3 is 2.18 bits per heavy atom. The summed E-state index contributed by atoms with van der Waals surface area (Å²) < 4.78 is 0. The number of hydrogen-bond donors (Lipinski definition) is 3. The van der Waals surface area contributed by atoms with Gasteiger partial charge in [-0.05, 0) is 36.4 Å². The molecule has 3 N–H and O–H groups in total. The fraction of sp³-hybridized carbons (Fsp3) is 0.0667. The number of nitrogens with one attached hydrogen (secondary N) is 2. The summed E-state index contributed by atoms with van der Waals surface area (Å²) in [6.07, 6.45) is 0. The van der Waals surface area contributed by atoms with Crippen molar-refractivity contribution in [3.63, 3.8) is 0 Å². The molecule has 5 nitrogen and oxygen atoms in total.